The minimum absolute atomic E-state index is 0.0909. The summed E-state index contributed by atoms with van der Waals surface area (Å²) in [5.74, 6) is 1.00. The summed E-state index contributed by atoms with van der Waals surface area (Å²) in [5, 5.41) is 5.35. The second-order valence-electron chi connectivity index (χ2n) is 6.07. The Labute approximate surface area is 121 Å². The number of rotatable bonds is 3. The van der Waals surface area contributed by atoms with Gasteiger partial charge in [-0.3, -0.25) is 4.40 Å². The number of nitrogens with one attached hydrogen (secondary N) is 1. The van der Waals surface area contributed by atoms with E-state index in [9.17, 15) is 8.42 Å². The van der Waals surface area contributed by atoms with Crippen LogP contribution in [-0.4, -0.2) is 42.4 Å². The Morgan fingerprint density at radius 1 is 1.50 bits per heavy atom. The first-order chi connectivity index (χ1) is 9.56. The van der Waals surface area contributed by atoms with Crippen molar-refractivity contribution in [1.29, 1.82) is 0 Å². The summed E-state index contributed by atoms with van der Waals surface area (Å²) < 4.78 is 25.5. The molecule has 0 saturated carbocycles. The van der Waals surface area contributed by atoms with Gasteiger partial charge in [-0.2, -0.15) is 0 Å². The molecule has 1 atom stereocenters. The van der Waals surface area contributed by atoms with Crippen LogP contribution in [0.3, 0.4) is 0 Å². The third kappa shape index (κ3) is 1.99. The fourth-order valence-electron chi connectivity index (χ4n) is 3.50. The lowest BCUT2D eigenvalue weighted by atomic mass is 9.67. The van der Waals surface area contributed by atoms with E-state index in [1.165, 1.54) is 0 Å². The first-order valence-corrected chi connectivity index (χ1v) is 9.59. The predicted octanol–water partition coefficient (Wildman–Crippen LogP) is 0.963. The van der Waals surface area contributed by atoms with Crippen molar-refractivity contribution in [2.24, 2.45) is 11.3 Å². The Balaban J connectivity index is 1.60. The average Bonchev–Trinajstić information content (AvgIpc) is 2.97. The lowest BCUT2D eigenvalue weighted by molar-refractivity contribution is 0.0913. The van der Waals surface area contributed by atoms with Crippen LogP contribution in [0.5, 0.6) is 0 Å². The molecular formula is C13H17N3O2S2. The minimum Gasteiger partial charge on any atom is -0.315 e. The van der Waals surface area contributed by atoms with Crippen molar-refractivity contribution < 1.29 is 8.42 Å². The topological polar surface area (TPSA) is 63.5 Å². The molecular weight excluding hydrogens is 294 g/mol. The van der Waals surface area contributed by atoms with Gasteiger partial charge in [-0.25, -0.2) is 13.4 Å². The molecule has 2 aliphatic rings. The molecule has 2 aliphatic heterocycles. The van der Waals surface area contributed by atoms with Crippen molar-refractivity contribution in [3.8, 4) is 0 Å². The van der Waals surface area contributed by atoms with Crippen molar-refractivity contribution in [3.05, 3.63) is 23.5 Å². The molecule has 0 spiro atoms. The van der Waals surface area contributed by atoms with Crippen molar-refractivity contribution in [2.75, 3.05) is 24.6 Å². The van der Waals surface area contributed by atoms with Crippen LogP contribution in [0.2, 0.25) is 0 Å². The second-order valence-corrected chi connectivity index (χ2v) is 9.17. The van der Waals surface area contributed by atoms with Gasteiger partial charge in [0.15, 0.2) is 14.8 Å². The van der Waals surface area contributed by atoms with Crippen LogP contribution >= 0.6 is 11.3 Å². The SMILES string of the molecule is O=S1(=O)CCC(C2(Cc3cn4ccsc4n3)CNC2)C1. The fourth-order valence-corrected chi connectivity index (χ4v) is 6.17. The largest absolute Gasteiger partial charge is 0.315 e. The quantitative estimate of drug-likeness (QED) is 0.917. The van der Waals surface area contributed by atoms with Gasteiger partial charge >= 0.3 is 0 Å². The summed E-state index contributed by atoms with van der Waals surface area (Å²) >= 11 is 1.63. The number of hydrogen-bond donors (Lipinski definition) is 1. The molecule has 0 bridgehead atoms. The fraction of sp³-hybridized carbons (Fsp3) is 0.615. The number of imidazole rings is 1. The molecule has 0 aliphatic carbocycles. The van der Waals surface area contributed by atoms with Gasteiger partial charge in [0.05, 0.1) is 17.2 Å². The molecule has 2 fully saturated rings. The highest BCUT2D eigenvalue weighted by atomic mass is 32.2. The number of thiazole rings is 1. The van der Waals surface area contributed by atoms with Gasteiger partial charge in [0.2, 0.25) is 0 Å². The van der Waals surface area contributed by atoms with Crippen LogP contribution < -0.4 is 5.32 Å². The Kier molecular flexibility index (Phi) is 2.74. The van der Waals surface area contributed by atoms with Crippen LogP contribution in [0.25, 0.3) is 4.96 Å². The minimum atomic E-state index is -2.81. The first kappa shape index (κ1) is 12.8. The molecule has 0 radical (unpaired) electrons. The average molecular weight is 311 g/mol. The highest BCUT2D eigenvalue weighted by Crippen LogP contribution is 2.41. The van der Waals surface area contributed by atoms with Gasteiger partial charge in [0.25, 0.3) is 0 Å². The number of hydrogen-bond acceptors (Lipinski definition) is 5. The third-order valence-electron chi connectivity index (χ3n) is 4.73. The van der Waals surface area contributed by atoms with Crippen LogP contribution in [-0.2, 0) is 16.3 Å². The standard InChI is InChI=1S/C13H17N3O2S2/c17-20(18)4-1-10(7-20)13(8-14-9-13)5-11-6-16-2-3-19-12(16)15-11/h2-3,6,10,14H,1,4-5,7-9H2. The number of nitrogens with zero attached hydrogens (tertiary/aromatic N) is 2. The van der Waals surface area contributed by atoms with Gasteiger partial charge in [0, 0.05) is 36.3 Å². The summed E-state index contributed by atoms with van der Waals surface area (Å²) in [7, 11) is -2.81. The van der Waals surface area contributed by atoms with Crippen molar-refractivity contribution >= 4 is 26.1 Å². The molecule has 1 N–H and O–H groups in total. The summed E-state index contributed by atoms with van der Waals surface area (Å²) in [6, 6.07) is 0. The smallest absolute Gasteiger partial charge is 0.193 e. The van der Waals surface area contributed by atoms with E-state index in [1.54, 1.807) is 11.3 Å². The monoisotopic (exact) mass is 311 g/mol. The molecule has 1 unspecified atom stereocenters. The number of aromatic nitrogens is 2. The molecule has 4 rings (SSSR count). The third-order valence-corrected chi connectivity index (χ3v) is 7.27. The van der Waals surface area contributed by atoms with E-state index < -0.39 is 9.84 Å². The summed E-state index contributed by atoms with van der Waals surface area (Å²) in [5.41, 5.74) is 1.18. The molecule has 7 heteroatoms. The van der Waals surface area contributed by atoms with Crippen LogP contribution in [0.1, 0.15) is 12.1 Å². The number of sulfone groups is 1. The van der Waals surface area contributed by atoms with E-state index in [4.69, 9.17) is 0 Å². The van der Waals surface area contributed by atoms with Crippen LogP contribution in [0.15, 0.2) is 17.8 Å². The molecule has 2 saturated heterocycles. The van der Waals surface area contributed by atoms with E-state index in [0.29, 0.717) is 11.5 Å². The van der Waals surface area contributed by atoms with Crippen molar-refractivity contribution in [1.82, 2.24) is 14.7 Å². The highest BCUT2D eigenvalue weighted by Gasteiger charge is 2.48. The molecule has 4 heterocycles. The zero-order chi connectivity index (χ0) is 13.8. The molecule has 2 aromatic heterocycles. The predicted molar refractivity (Wildman–Crippen MR) is 78.8 cm³/mol. The van der Waals surface area contributed by atoms with Crippen LogP contribution in [0.4, 0.5) is 0 Å². The molecule has 2 aromatic rings. The maximum atomic E-state index is 11.7. The van der Waals surface area contributed by atoms with Gasteiger partial charge < -0.3 is 5.32 Å². The summed E-state index contributed by atoms with van der Waals surface area (Å²) in [6.45, 7) is 1.83. The van der Waals surface area contributed by atoms with Crippen molar-refractivity contribution in [3.63, 3.8) is 0 Å². The van der Waals surface area contributed by atoms with Gasteiger partial charge in [-0.05, 0) is 18.8 Å². The highest BCUT2D eigenvalue weighted by molar-refractivity contribution is 7.91. The molecule has 20 heavy (non-hydrogen) atoms. The van der Waals surface area contributed by atoms with Gasteiger partial charge in [-0.15, -0.1) is 11.3 Å². The molecule has 5 nitrogen and oxygen atoms in total. The first-order valence-electron chi connectivity index (χ1n) is 6.89. The maximum absolute atomic E-state index is 11.7. The van der Waals surface area contributed by atoms with Crippen molar-refractivity contribution in [2.45, 2.75) is 12.8 Å². The van der Waals surface area contributed by atoms with Gasteiger partial charge in [-0.1, -0.05) is 0 Å². The van der Waals surface area contributed by atoms with E-state index in [0.717, 1.165) is 36.6 Å². The normalized spacial score (nSPS) is 27.7. The zero-order valence-corrected chi connectivity index (χ0v) is 12.7. The number of fused-ring (bicyclic) bond motifs is 1. The Morgan fingerprint density at radius 2 is 2.35 bits per heavy atom. The molecule has 0 aromatic carbocycles. The van der Waals surface area contributed by atoms with E-state index >= 15 is 0 Å². The summed E-state index contributed by atoms with van der Waals surface area (Å²) in [6.07, 6.45) is 5.79. The Morgan fingerprint density at radius 3 is 2.95 bits per heavy atom. The molecule has 108 valence electrons. The van der Waals surface area contributed by atoms with Gasteiger partial charge in [0.1, 0.15) is 0 Å². The van der Waals surface area contributed by atoms with Crippen LogP contribution in [0, 0.1) is 11.3 Å². The lowest BCUT2D eigenvalue weighted by Crippen LogP contribution is -2.59. The lowest BCUT2D eigenvalue weighted by Gasteiger charge is -2.46. The zero-order valence-electron chi connectivity index (χ0n) is 11.1. The second kappa shape index (κ2) is 4.29. The Bertz CT molecular complexity index is 714. The van der Waals surface area contributed by atoms with E-state index in [1.807, 2.05) is 16.0 Å². The molecule has 0 amide bonds. The Hall–Kier alpha value is -0.920. The maximum Gasteiger partial charge on any atom is 0.193 e. The summed E-state index contributed by atoms with van der Waals surface area (Å²) in [4.78, 5) is 5.67. The van der Waals surface area contributed by atoms with E-state index in [2.05, 4.69) is 16.5 Å². The van der Waals surface area contributed by atoms with E-state index in [-0.39, 0.29) is 11.3 Å².